The van der Waals surface area contributed by atoms with E-state index < -0.39 is 23.2 Å². The normalized spacial score (nSPS) is 12.0. The number of rotatable bonds is 5. The van der Waals surface area contributed by atoms with E-state index in [4.69, 9.17) is 5.11 Å². The Morgan fingerprint density at radius 2 is 1.52 bits per heavy atom. The van der Waals surface area contributed by atoms with Crippen LogP contribution in [0, 0.1) is 6.92 Å². The SMILES string of the molecule is Cc1ccc(/C(O)=C(/N=Nc2ccccc2)C(=O)C(=O)O)cc1. The van der Waals surface area contributed by atoms with Crippen LogP contribution in [-0.2, 0) is 9.59 Å². The van der Waals surface area contributed by atoms with Gasteiger partial charge in [-0.15, -0.1) is 5.11 Å². The van der Waals surface area contributed by atoms with Crippen molar-refractivity contribution in [3.05, 3.63) is 71.4 Å². The molecule has 0 aliphatic rings. The number of hydrogen-bond acceptors (Lipinski definition) is 5. The molecule has 23 heavy (non-hydrogen) atoms. The van der Waals surface area contributed by atoms with Crippen LogP contribution in [-0.4, -0.2) is 22.0 Å². The highest BCUT2D eigenvalue weighted by molar-refractivity contribution is 6.40. The number of azo groups is 1. The predicted octanol–water partition coefficient (Wildman–Crippen LogP) is 3.66. The van der Waals surface area contributed by atoms with E-state index in [1.165, 1.54) is 0 Å². The van der Waals surface area contributed by atoms with Crippen molar-refractivity contribution in [1.29, 1.82) is 0 Å². The van der Waals surface area contributed by atoms with Crippen LogP contribution in [0.4, 0.5) is 5.69 Å². The van der Waals surface area contributed by atoms with Crippen LogP contribution in [0.3, 0.4) is 0 Å². The van der Waals surface area contributed by atoms with Gasteiger partial charge in [-0.2, -0.15) is 5.11 Å². The largest absolute Gasteiger partial charge is 0.505 e. The highest BCUT2D eigenvalue weighted by Gasteiger charge is 2.23. The van der Waals surface area contributed by atoms with Crippen LogP contribution in [0.5, 0.6) is 0 Å². The lowest BCUT2D eigenvalue weighted by atomic mass is 10.1. The summed E-state index contributed by atoms with van der Waals surface area (Å²) < 4.78 is 0. The second kappa shape index (κ2) is 7.13. The molecule has 0 aliphatic heterocycles. The number of carboxylic acid groups (broad SMARTS) is 1. The number of hydrogen-bond donors (Lipinski definition) is 2. The number of aliphatic hydroxyl groups is 1. The van der Waals surface area contributed by atoms with Gasteiger partial charge in [0.15, 0.2) is 11.5 Å². The number of nitrogens with zero attached hydrogens (tertiary/aromatic N) is 2. The zero-order chi connectivity index (χ0) is 16.8. The van der Waals surface area contributed by atoms with E-state index in [2.05, 4.69) is 10.2 Å². The highest BCUT2D eigenvalue weighted by Crippen LogP contribution is 2.21. The first-order valence-corrected chi connectivity index (χ1v) is 6.73. The lowest BCUT2D eigenvalue weighted by Crippen LogP contribution is -2.15. The number of Topliss-reactive ketones (excluding diaryl/α,β-unsaturated/α-hetero) is 1. The van der Waals surface area contributed by atoms with Crippen molar-refractivity contribution in [2.24, 2.45) is 10.2 Å². The van der Waals surface area contributed by atoms with Gasteiger partial charge < -0.3 is 10.2 Å². The van der Waals surface area contributed by atoms with Gasteiger partial charge in [0.25, 0.3) is 5.78 Å². The Morgan fingerprint density at radius 1 is 0.913 bits per heavy atom. The molecule has 0 unspecified atom stereocenters. The third kappa shape index (κ3) is 4.10. The standard InChI is InChI=1S/C17H14N2O4/c1-11-7-9-12(10-8-11)15(20)14(16(21)17(22)23)19-18-13-5-3-2-4-6-13/h2-10,20H,1H3,(H,22,23)/b15-14-,19-18?. The summed E-state index contributed by atoms with van der Waals surface area (Å²) in [5.74, 6) is -3.58. The summed E-state index contributed by atoms with van der Waals surface area (Å²) in [6.07, 6.45) is 0. The van der Waals surface area contributed by atoms with Gasteiger partial charge in [-0.3, -0.25) is 4.79 Å². The number of carbonyl (C=O) groups is 2. The molecule has 0 aliphatic carbocycles. The Labute approximate surface area is 132 Å². The van der Waals surface area contributed by atoms with Crippen molar-refractivity contribution in [2.45, 2.75) is 6.92 Å². The van der Waals surface area contributed by atoms with Crippen molar-refractivity contribution < 1.29 is 19.8 Å². The van der Waals surface area contributed by atoms with E-state index in [-0.39, 0.29) is 5.56 Å². The quantitative estimate of drug-likeness (QED) is 0.381. The molecular formula is C17H14N2O4. The van der Waals surface area contributed by atoms with Crippen LogP contribution >= 0.6 is 0 Å². The molecule has 2 aromatic rings. The summed E-state index contributed by atoms with van der Waals surface area (Å²) in [4.78, 5) is 22.7. The third-order valence-electron chi connectivity index (χ3n) is 2.98. The van der Waals surface area contributed by atoms with Crippen LogP contribution in [0.15, 0.2) is 70.5 Å². The Hall–Kier alpha value is -3.28. The van der Waals surface area contributed by atoms with E-state index >= 15 is 0 Å². The molecule has 0 atom stereocenters. The molecule has 0 heterocycles. The monoisotopic (exact) mass is 310 g/mol. The second-order valence-corrected chi connectivity index (χ2v) is 4.73. The summed E-state index contributed by atoms with van der Waals surface area (Å²) in [6.45, 7) is 1.86. The molecule has 0 fully saturated rings. The van der Waals surface area contributed by atoms with E-state index in [0.29, 0.717) is 5.69 Å². The molecular weight excluding hydrogens is 296 g/mol. The van der Waals surface area contributed by atoms with Gasteiger partial charge in [0.1, 0.15) is 0 Å². The molecule has 0 amide bonds. The Balaban J connectivity index is 2.47. The van der Waals surface area contributed by atoms with Crippen molar-refractivity contribution in [2.75, 3.05) is 0 Å². The molecule has 6 heteroatoms. The van der Waals surface area contributed by atoms with E-state index in [0.717, 1.165) is 5.56 Å². The molecule has 0 saturated heterocycles. The molecule has 0 bridgehead atoms. The number of carboxylic acids is 1. The summed E-state index contributed by atoms with van der Waals surface area (Å²) in [5, 5.41) is 26.5. The van der Waals surface area contributed by atoms with Crippen LogP contribution < -0.4 is 0 Å². The lowest BCUT2D eigenvalue weighted by molar-refractivity contribution is -0.147. The van der Waals surface area contributed by atoms with E-state index in [1.54, 1.807) is 54.6 Å². The summed E-state index contributed by atoms with van der Waals surface area (Å²) in [6, 6.07) is 15.1. The van der Waals surface area contributed by atoms with Crippen LogP contribution in [0.2, 0.25) is 0 Å². The zero-order valence-corrected chi connectivity index (χ0v) is 12.3. The van der Waals surface area contributed by atoms with Gasteiger partial charge in [-0.1, -0.05) is 48.0 Å². The van der Waals surface area contributed by atoms with Gasteiger partial charge in [0.05, 0.1) is 5.69 Å². The minimum atomic E-state index is -1.72. The second-order valence-electron chi connectivity index (χ2n) is 4.73. The lowest BCUT2D eigenvalue weighted by Gasteiger charge is -2.04. The first-order chi connectivity index (χ1) is 11.0. The number of ketones is 1. The van der Waals surface area contributed by atoms with Gasteiger partial charge >= 0.3 is 5.97 Å². The minimum Gasteiger partial charge on any atom is -0.505 e. The number of aryl methyl sites for hydroxylation is 1. The molecule has 0 saturated carbocycles. The summed E-state index contributed by atoms with van der Waals surface area (Å²) in [7, 11) is 0. The average Bonchev–Trinajstić information content (AvgIpc) is 2.56. The first kappa shape index (κ1) is 16.1. The Kier molecular flexibility index (Phi) is 4.99. The average molecular weight is 310 g/mol. The summed E-state index contributed by atoms with van der Waals surface area (Å²) in [5.41, 5.74) is 1.05. The number of carbonyl (C=O) groups excluding carboxylic acids is 1. The fourth-order valence-electron chi connectivity index (χ4n) is 1.75. The topological polar surface area (TPSA) is 99.3 Å². The van der Waals surface area contributed by atoms with Gasteiger partial charge in [0.2, 0.25) is 0 Å². The fraction of sp³-hybridized carbons (Fsp3) is 0.0588. The molecule has 2 rings (SSSR count). The smallest absolute Gasteiger partial charge is 0.379 e. The third-order valence-corrected chi connectivity index (χ3v) is 2.98. The number of aliphatic hydroxyl groups excluding tert-OH is 1. The Bertz CT molecular complexity index is 778. The molecule has 0 aromatic heterocycles. The first-order valence-electron chi connectivity index (χ1n) is 6.73. The van der Waals surface area contributed by atoms with Crippen LogP contribution in [0.25, 0.3) is 5.76 Å². The van der Waals surface area contributed by atoms with Gasteiger partial charge in [0, 0.05) is 5.56 Å². The molecule has 6 nitrogen and oxygen atoms in total. The van der Waals surface area contributed by atoms with E-state index in [9.17, 15) is 14.7 Å². The Morgan fingerprint density at radius 3 is 2.09 bits per heavy atom. The molecule has 2 N–H and O–H groups in total. The molecule has 0 spiro atoms. The van der Waals surface area contributed by atoms with E-state index in [1.807, 2.05) is 6.92 Å². The molecule has 0 radical (unpaired) electrons. The molecule has 2 aromatic carbocycles. The van der Waals surface area contributed by atoms with Crippen LogP contribution in [0.1, 0.15) is 11.1 Å². The highest BCUT2D eigenvalue weighted by atomic mass is 16.4. The number of aliphatic carboxylic acids is 1. The zero-order valence-electron chi connectivity index (χ0n) is 12.3. The maximum absolute atomic E-state index is 11.8. The predicted molar refractivity (Wildman–Crippen MR) is 84.3 cm³/mol. The molecule has 116 valence electrons. The van der Waals surface area contributed by atoms with Crippen molar-refractivity contribution in [3.63, 3.8) is 0 Å². The summed E-state index contributed by atoms with van der Waals surface area (Å²) >= 11 is 0. The van der Waals surface area contributed by atoms with Crippen molar-refractivity contribution in [3.8, 4) is 0 Å². The van der Waals surface area contributed by atoms with Gasteiger partial charge in [-0.25, -0.2) is 4.79 Å². The maximum atomic E-state index is 11.8. The minimum absolute atomic E-state index is 0.284. The van der Waals surface area contributed by atoms with Crippen molar-refractivity contribution in [1.82, 2.24) is 0 Å². The number of benzene rings is 2. The van der Waals surface area contributed by atoms with Gasteiger partial charge in [-0.05, 0) is 19.1 Å². The van der Waals surface area contributed by atoms with Crippen molar-refractivity contribution >= 4 is 23.2 Å². The fourth-order valence-corrected chi connectivity index (χ4v) is 1.75. The maximum Gasteiger partial charge on any atom is 0.379 e.